The van der Waals surface area contributed by atoms with Crippen LogP contribution in [0.15, 0.2) is 53.6 Å². The summed E-state index contributed by atoms with van der Waals surface area (Å²) in [6, 6.07) is 8.11. The molecule has 2 aromatic heterocycles. The minimum absolute atomic E-state index is 0.0139. The number of imidazole rings is 1. The lowest BCUT2D eigenvalue weighted by molar-refractivity contribution is -0.134. The van der Waals surface area contributed by atoms with E-state index < -0.39 is 30.8 Å². The largest absolute Gasteiger partial charge is 0.337 e. The molecule has 0 radical (unpaired) electrons. The Morgan fingerprint density at radius 3 is 2.85 bits per heavy atom. The molecule has 4 rings (SSSR count). The second kappa shape index (κ2) is 6.32. The van der Waals surface area contributed by atoms with Gasteiger partial charge in [-0.25, -0.2) is 13.8 Å². The standard InChI is InChI=1S/C17H15F2N5O2/c18-17(19)8-13(24(10-17)14(25)9-23-7-6-20-11-23)16-21-15(22-26-16)12-4-2-1-3-5-12/h1-7,11,13H,8-10H2/t13-/m0/s1. The zero-order valence-corrected chi connectivity index (χ0v) is 13.6. The van der Waals surface area contributed by atoms with Gasteiger partial charge in [-0.05, 0) is 0 Å². The van der Waals surface area contributed by atoms with E-state index in [4.69, 9.17) is 4.52 Å². The fourth-order valence-electron chi connectivity index (χ4n) is 3.00. The fraction of sp³-hybridized carbons (Fsp3) is 0.294. The van der Waals surface area contributed by atoms with Gasteiger partial charge in [0.15, 0.2) is 0 Å². The van der Waals surface area contributed by atoms with Gasteiger partial charge in [0.2, 0.25) is 17.6 Å². The third-order valence-corrected chi connectivity index (χ3v) is 4.23. The highest BCUT2D eigenvalue weighted by Crippen LogP contribution is 2.41. The molecule has 7 nitrogen and oxygen atoms in total. The van der Waals surface area contributed by atoms with Gasteiger partial charge in [-0.3, -0.25) is 4.79 Å². The van der Waals surface area contributed by atoms with Crippen LogP contribution in [-0.4, -0.2) is 43.0 Å². The van der Waals surface area contributed by atoms with E-state index in [1.165, 1.54) is 17.1 Å². The minimum atomic E-state index is -3.00. The Morgan fingerprint density at radius 2 is 2.12 bits per heavy atom. The Balaban J connectivity index is 1.59. The fourth-order valence-corrected chi connectivity index (χ4v) is 3.00. The van der Waals surface area contributed by atoms with Gasteiger partial charge in [0, 0.05) is 24.4 Å². The van der Waals surface area contributed by atoms with Crippen LogP contribution in [0.25, 0.3) is 11.4 Å². The number of carbonyl (C=O) groups is 1. The molecule has 9 heteroatoms. The van der Waals surface area contributed by atoms with Crippen LogP contribution >= 0.6 is 0 Å². The molecule has 1 atom stereocenters. The Kier molecular flexibility index (Phi) is 3.98. The van der Waals surface area contributed by atoms with Crippen molar-refractivity contribution >= 4 is 5.91 Å². The summed E-state index contributed by atoms with van der Waals surface area (Å²) in [5, 5.41) is 3.86. The van der Waals surface area contributed by atoms with Gasteiger partial charge in [0.1, 0.15) is 12.6 Å². The van der Waals surface area contributed by atoms with Gasteiger partial charge >= 0.3 is 0 Å². The first-order valence-corrected chi connectivity index (χ1v) is 8.04. The topological polar surface area (TPSA) is 77.1 Å². The minimum Gasteiger partial charge on any atom is -0.337 e. The first-order valence-electron chi connectivity index (χ1n) is 8.04. The third kappa shape index (κ3) is 3.19. The lowest BCUT2D eigenvalue weighted by Gasteiger charge is -2.21. The van der Waals surface area contributed by atoms with Gasteiger partial charge in [-0.2, -0.15) is 4.98 Å². The molecule has 1 aromatic carbocycles. The SMILES string of the molecule is O=C(Cn1ccnc1)N1CC(F)(F)C[C@H]1c1nc(-c2ccccc2)no1. The number of likely N-dealkylation sites (tertiary alicyclic amines) is 1. The molecule has 1 amide bonds. The van der Waals surface area contributed by atoms with Gasteiger partial charge in [0.05, 0.1) is 12.9 Å². The van der Waals surface area contributed by atoms with Crippen LogP contribution in [0, 0.1) is 0 Å². The number of aromatic nitrogens is 4. The molecule has 0 aliphatic carbocycles. The Morgan fingerprint density at radius 1 is 1.31 bits per heavy atom. The number of halogens is 2. The first kappa shape index (κ1) is 16.4. The first-order chi connectivity index (χ1) is 12.5. The summed E-state index contributed by atoms with van der Waals surface area (Å²) < 4.78 is 34.7. The number of nitrogens with zero attached hydrogens (tertiary/aromatic N) is 5. The summed E-state index contributed by atoms with van der Waals surface area (Å²) in [4.78, 5) is 21.7. The van der Waals surface area contributed by atoms with Crippen LogP contribution < -0.4 is 0 Å². The van der Waals surface area contributed by atoms with E-state index in [0.29, 0.717) is 11.4 Å². The molecular weight excluding hydrogens is 344 g/mol. The second-order valence-corrected chi connectivity index (χ2v) is 6.15. The Bertz CT molecular complexity index is 895. The lowest BCUT2D eigenvalue weighted by atomic mass is 10.2. The molecule has 1 aliphatic heterocycles. The number of benzene rings is 1. The number of alkyl halides is 2. The summed E-state index contributed by atoms with van der Waals surface area (Å²) in [7, 11) is 0. The Hall–Kier alpha value is -3.10. The van der Waals surface area contributed by atoms with E-state index in [-0.39, 0.29) is 12.4 Å². The van der Waals surface area contributed by atoms with Crippen LogP contribution in [0.2, 0.25) is 0 Å². The maximum absolute atomic E-state index is 14.0. The second-order valence-electron chi connectivity index (χ2n) is 6.15. The molecule has 3 aromatic rings. The maximum Gasteiger partial charge on any atom is 0.267 e. The van der Waals surface area contributed by atoms with Crippen molar-refractivity contribution in [2.75, 3.05) is 6.54 Å². The third-order valence-electron chi connectivity index (χ3n) is 4.23. The highest BCUT2D eigenvalue weighted by Gasteiger charge is 2.49. The van der Waals surface area contributed by atoms with Gasteiger partial charge in [-0.1, -0.05) is 35.5 Å². The molecule has 1 fully saturated rings. The summed E-state index contributed by atoms with van der Waals surface area (Å²) in [5.41, 5.74) is 0.712. The number of rotatable bonds is 4. The number of hydrogen-bond donors (Lipinski definition) is 0. The molecule has 0 unspecified atom stereocenters. The predicted molar refractivity (Wildman–Crippen MR) is 86.0 cm³/mol. The van der Waals surface area contributed by atoms with Crippen LogP contribution in [0.3, 0.4) is 0 Å². The van der Waals surface area contributed by atoms with Crippen LogP contribution in [0.1, 0.15) is 18.4 Å². The van der Waals surface area contributed by atoms with Crippen molar-refractivity contribution < 1.29 is 18.1 Å². The van der Waals surface area contributed by atoms with E-state index in [0.717, 1.165) is 4.90 Å². The summed E-state index contributed by atoms with van der Waals surface area (Å²) in [6.07, 6.45) is 4.04. The molecule has 1 aliphatic rings. The maximum atomic E-state index is 14.0. The van der Waals surface area contributed by atoms with Crippen molar-refractivity contribution in [2.45, 2.75) is 24.9 Å². The van der Waals surface area contributed by atoms with Gasteiger partial charge < -0.3 is 14.0 Å². The van der Waals surface area contributed by atoms with Crippen molar-refractivity contribution in [1.29, 1.82) is 0 Å². The molecule has 134 valence electrons. The van der Waals surface area contributed by atoms with E-state index in [1.807, 2.05) is 18.2 Å². The summed E-state index contributed by atoms with van der Waals surface area (Å²) >= 11 is 0. The zero-order valence-electron chi connectivity index (χ0n) is 13.6. The average molecular weight is 359 g/mol. The normalized spacial score (nSPS) is 19.0. The molecule has 0 bridgehead atoms. The Labute approximate surface area is 147 Å². The summed E-state index contributed by atoms with van der Waals surface area (Å²) in [6.45, 7) is -0.749. The van der Waals surface area contributed by atoms with Crippen molar-refractivity contribution in [1.82, 2.24) is 24.6 Å². The quantitative estimate of drug-likeness (QED) is 0.715. The molecule has 0 N–H and O–H groups in total. The highest BCUT2D eigenvalue weighted by molar-refractivity contribution is 5.77. The molecule has 0 spiro atoms. The number of hydrogen-bond acceptors (Lipinski definition) is 5. The van der Waals surface area contributed by atoms with E-state index in [2.05, 4.69) is 15.1 Å². The highest BCUT2D eigenvalue weighted by atomic mass is 19.3. The summed E-state index contributed by atoms with van der Waals surface area (Å²) in [5.74, 6) is -3.14. The molecular formula is C17H15F2N5O2. The van der Waals surface area contributed by atoms with Crippen molar-refractivity contribution in [3.05, 3.63) is 54.9 Å². The predicted octanol–water partition coefficient (Wildman–Crippen LogP) is 2.54. The van der Waals surface area contributed by atoms with Crippen molar-refractivity contribution in [2.24, 2.45) is 0 Å². The lowest BCUT2D eigenvalue weighted by Crippen LogP contribution is -2.35. The van der Waals surface area contributed by atoms with Crippen LogP contribution in [0.5, 0.6) is 0 Å². The van der Waals surface area contributed by atoms with Gasteiger partial charge in [0.25, 0.3) is 5.92 Å². The number of carbonyl (C=O) groups excluding carboxylic acids is 1. The molecule has 3 heterocycles. The van der Waals surface area contributed by atoms with E-state index in [1.54, 1.807) is 18.3 Å². The monoisotopic (exact) mass is 359 g/mol. The smallest absolute Gasteiger partial charge is 0.267 e. The number of amides is 1. The molecule has 1 saturated heterocycles. The van der Waals surface area contributed by atoms with E-state index in [9.17, 15) is 13.6 Å². The van der Waals surface area contributed by atoms with Crippen LogP contribution in [-0.2, 0) is 11.3 Å². The van der Waals surface area contributed by atoms with E-state index >= 15 is 0 Å². The van der Waals surface area contributed by atoms with Crippen molar-refractivity contribution in [3.8, 4) is 11.4 Å². The van der Waals surface area contributed by atoms with Crippen molar-refractivity contribution in [3.63, 3.8) is 0 Å². The molecule has 26 heavy (non-hydrogen) atoms. The van der Waals surface area contributed by atoms with Gasteiger partial charge in [-0.15, -0.1) is 0 Å². The zero-order chi connectivity index (χ0) is 18.1. The van der Waals surface area contributed by atoms with Crippen LogP contribution in [0.4, 0.5) is 8.78 Å². The molecule has 0 saturated carbocycles. The average Bonchev–Trinajstić information content (AvgIpc) is 3.35.